The second kappa shape index (κ2) is 11.8. The van der Waals surface area contributed by atoms with Crippen LogP contribution in [0.5, 0.6) is 0 Å². The highest BCUT2D eigenvalue weighted by atomic mass is 32.2. The van der Waals surface area contributed by atoms with Crippen molar-refractivity contribution in [3.63, 3.8) is 0 Å². The van der Waals surface area contributed by atoms with Crippen LogP contribution in [0, 0.1) is 19.8 Å². The van der Waals surface area contributed by atoms with Gasteiger partial charge in [-0.15, -0.1) is 11.8 Å². The molecule has 0 heterocycles. The minimum absolute atomic E-state index is 0.0135. The molecule has 0 aliphatic rings. The van der Waals surface area contributed by atoms with E-state index in [9.17, 15) is 9.59 Å². The van der Waals surface area contributed by atoms with Crippen LogP contribution in [-0.2, 0) is 21.9 Å². The zero-order valence-corrected chi connectivity index (χ0v) is 19.6. The average molecular weight is 427 g/mol. The standard InChI is InChI=1S/C25H34N2O2S/c1-18(2)14-26-25(29)21(5)27(15-22-9-7-6-8-10-22)24(28)17-30-16-23-12-19(3)11-20(4)13-23/h6-13,18,21H,14-17H2,1-5H3,(H,26,29)/t21-/m0/s1. The predicted octanol–water partition coefficient (Wildman–Crippen LogP) is 4.73. The van der Waals surface area contributed by atoms with Gasteiger partial charge in [0.05, 0.1) is 5.75 Å². The van der Waals surface area contributed by atoms with Gasteiger partial charge in [-0.05, 0) is 37.8 Å². The van der Waals surface area contributed by atoms with E-state index in [0.29, 0.717) is 24.8 Å². The lowest BCUT2D eigenvalue weighted by atomic mass is 10.1. The van der Waals surface area contributed by atoms with E-state index in [4.69, 9.17) is 0 Å². The van der Waals surface area contributed by atoms with Gasteiger partial charge in [0, 0.05) is 18.8 Å². The summed E-state index contributed by atoms with van der Waals surface area (Å²) < 4.78 is 0. The van der Waals surface area contributed by atoms with Crippen LogP contribution in [0.2, 0.25) is 0 Å². The molecule has 0 fully saturated rings. The number of rotatable bonds is 10. The predicted molar refractivity (Wildman–Crippen MR) is 126 cm³/mol. The Morgan fingerprint density at radius 3 is 2.20 bits per heavy atom. The van der Waals surface area contributed by atoms with Crippen molar-refractivity contribution in [2.24, 2.45) is 5.92 Å². The minimum atomic E-state index is -0.515. The van der Waals surface area contributed by atoms with E-state index < -0.39 is 6.04 Å². The summed E-state index contributed by atoms with van der Waals surface area (Å²) in [5.74, 6) is 1.38. The van der Waals surface area contributed by atoms with E-state index in [-0.39, 0.29) is 11.8 Å². The summed E-state index contributed by atoms with van der Waals surface area (Å²) in [7, 11) is 0. The fourth-order valence-electron chi connectivity index (χ4n) is 3.31. The number of hydrogen-bond acceptors (Lipinski definition) is 3. The van der Waals surface area contributed by atoms with E-state index >= 15 is 0 Å². The van der Waals surface area contributed by atoms with Gasteiger partial charge in [0.1, 0.15) is 6.04 Å². The van der Waals surface area contributed by atoms with Crippen LogP contribution in [0.4, 0.5) is 0 Å². The first-order valence-corrected chi connectivity index (χ1v) is 11.7. The molecule has 0 aliphatic heterocycles. The van der Waals surface area contributed by atoms with Gasteiger partial charge in [0.15, 0.2) is 0 Å². The molecule has 0 saturated carbocycles. The molecule has 2 amide bonds. The summed E-state index contributed by atoms with van der Waals surface area (Å²) in [5, 5.41) is 2.96. The quantitative estimate of drug-likeness (QED) is 0.598. The third-order valence-corrected chi connectivity index (χ3v) is 5.81. The Kier molecular flexibility index (Phi) is 9.44. The molecule has 2 aromatic carbocycles. The van der Waals surface area contributed by atoms with Crippen molar-refractivity contribution in [3.8, 4) is 0 Å². The van der Waals surface area contributed by atoms with Crippen molar-refractivity contribution in [1.29, 1.82) is 0 Å². The van der Waals surface area contributed by atoms with E-state index in [2.05, 4.69) is 51.2 Å². The lowest BCUT2D eigenvalue weighted by molar-refractivity contribution is -0.138. The van der Waals surface area contributed by atoms with Crippen molar-refractivity contribution in [1.82, 2.24) is 10.2 Å². The molecule has 2 aromatic rings. The second-order valence-corrected chi connectivity index (χ2v) is 9.30. The molecular formula is C25H34N2O2S. The Labute approximate surface area is 185 Å². The zero-order chi connectivity index (χ0) is 22.1. The van der Waals surface area contributed by atoms with Crippen LogP contribution in [-0.4, -0.2) is 35.1 Å². The normalized spacial score (nSPS) is 11.9. The van der Waals surface area contributed by atoms with Crippen molar-refractivity contribution >= 4 is 23.6 Å². The first kappa shape index (κ1) is 24.0. The number of nitrogens with zero attached hydrogens (tertiary/aromatic N) is 1. The SMILES string of the molecule is Cc1cc(C)cc(CSCC(=O)N(Cc2ccccc2)[C@@H](C)C(=O)NCC(C)C)c1. The summed E-state index contributed by atoms with van der Waals surface area (Å²) in [6, 6.07) is 15.8. The molecule has 0 aromatic heterocycles. The first-order chi connectivity index (χ1) is 14.3. The summed E-state index contributed by atoms with van der Waals surface area (Å²) in [5.41, 5.74) is 4.72. The maximum absolute atomic E-state index is 13.1. The van der Waals surface area contributed by atoms with Gasteiger partial charge in [-0.1, -0.05) is 73.5 Å². The molecular weight excluding hydrogens is 392 g/mol. The maximum atomic E-state index is 13.1. The van der Waals surface area contributed by atoms with Crippen molar-refractivity contribution in [3.05, 3.63) is 70.8 Å². The molecule has 2 rings (SSSR count). The summed E-state index contributed by atoms with van der Waals surface area (Å²) in [6.07, 6.45) is 0. The molecule has 30 heavy (non-hydrogen) atoms. The van der Waals surface area contributed by atoms with Crippen LogP contribution in [0.1, 0.15) is 43.0 Å². The van der Waals surface area contributed by atoms with Crippen LogP contribution in [0.3, 0.4) is 0 Å². The molecule has 0 bridgehead atoms. The summed E-state index contributed by atoms with van der Waals surface area (Å²) in [4.78, 5) is 27.4. The fraction of sp³-hybridized carbons (Fsp3) is 0.440. The fourth-order valence-corrected chi connectivity index (χ4v) is 4.15. The van der Waals surface area contributed by atoms with Crippen molar-refractivity contribution in [2.45, 2.75) is 53.0 Å². The number of aryl methyl sites for hydroxylation is 2. The molecule has 0 aliphatic carbocycles. The Hall–Kier alpha value is -2.27. The zero-order valence-electron chi connectivity index (χ0n) is 18.8. The molecule has 162 valence electrons. The minimum Gasteiger partial charge on any atom is -0.354 e. The Morgan fingerprint density at radius 2 is 1.60 bits per heavy atom. The number of thioether (sulfide) groups is 1. The van der Waals surface area contributed by atoms with Crippen LogP contribution in [0.25, 0.3) is 0 Å². The Morgan fingerprint density at radius 1 is 0.967 bits per heavy atom. The lowest BCUT2D eigenvalue weighted by Crippen LogP contribution is -2.48. The van der Waals surface area contributed by atoms with Gasteiger partial charge in [0.25, 0.3) is 0 Å². The lowest BCUT2D eigenvalue weighted by Gasteiger charge is -2.29. The van der Waals surface area contributed by atoms with Gasteiger partial charge in [0.2, 0.25) is 11.8 Å². The highest BCUT2D eigenvalue weighted by molar-refractivity contribution is 7.99. The number of carbonyl (C=O) groups excluding carboxylic acids is 2. The molecule has 0 saturated heterocycles. The summed E-state index contributed by atoms with van der Waals surface area (Å²) in [6.45, 7) is 11.1. The smallest absolute Gasteiger partial charge is 0.242 e. The molecule has 0 unspecified atom stereocenters. The van der Waals surface area contributed by atoms with Gasteiger partial charge in [-0.2, -0.15) is 0 Å². The third kappa shape index (κ3) is 7.86. The average Bonchev–Trinajstić information content (AvgIpc) is 2.69. The number of carbonyl (C=O) groups is 2. The monoisotopic (exact) mass is 426 g/mol. The van der Waals surface area contributed by atoms with Gasteiger partial charge in [-0.3, -0.25) is 9.59 Å². The third-order valence-electron chi connectivity index (χ3n) is 4.82. The number of nitrogens with one attached hydrogen (secondary N) is 1. The first-order valence-electron chi connectivity index (χ1n) is 10.5. The van der Waals surface area contributed by atoms with E-state index in [0.717, 1.165) is 11.3 Å². The molecule has 1 N–H and O–H groups in total. The molecule has 5 heteroatoms. The van der Waals surface area contributed by atoms with E-state index in [1.165, 1.54) is 16.7 Å². The molecule has 4 nitrogen and oxygen atoms in total. The van der Waals surface area contributed by atoms with Gasteiger partial charge < -0.3 is 10.2 Å². The van der Waals surface area contributed by atoms with Gasteiger partial charge >= 0.3 is 0 Å². The molecule has 0 spiro atoms. The van der Waals surface area contributed by atoms with E-state index in [1.807, 2.05) is 37.3 Å². The largest absolute Gasteiger partial charge is 0.354 e. The summed E-state index contributed by atoms with van der Waals surface area (Å²) >= 11 is 1.60. The molecule has 1 atom stereocenters. The molecule has 0 radical (unpaired) electrons. The second-order valence-electron chi connectivity index (χ2n) is 8.31. The maximum Gasteiger partial charge on any atom is 0.242 e. The number of hydrogen-bond donors (Lipinski definition) is 1. The van der Waals surface area contributed by atoms with E-state index in [1.54, 1.807) is 16.7 Å². The Bertz CT molecular complexity index is 816. The van der Waals surface area contributed by atoms with Crippen LogP contribution >= 0.6 is 11.8 Å². The highest BCUT2D eigenvalue weighted by Gasteiger charge is 2.26. The van der Waals surface area contributed by atoms with Crippen LogP contribution in [0.15, 0.2) is 48.5 Å². The van der Waals surface area contributed by atoms with Crippen molar-refractivity contribution < 1.29 is 9.59 Å². The van der Waals surface area contributed by atoms with Crippen LogP contribution < -0.4 is 5.32 Å². The van der Waals surface area contributed by atoms with Crippen molar-refractivity contribution in [2.75, 3.05) is 12.3 Å². The number of amides is 2. The highest BCUT2D eigenvalue weighted by Crippen LogP contribution is 2.18. The number of benzene rings is 2. The Balaban J connectivity index is 2.04. The van der Waals surface area contributed by atoms with Gasteiger partial charge in [-0.25, -0.2) is 0 Å². The topological polar surface area (TPSA) is 49.4 Å².